The number of thiazole rings is 1. The Morgan fingerprint density at radius 2 is 1.95 bits per heavy atom. The van der Waals surface area contributed by atoms with Gasteiger partial charge in [-0.25, -0.2) is 13.4 Å². The van der Waals surface area contributed by atoms with Crippen LogP contribution in [0.15, 0.2) is 34.7 Å². The van der Waals surface area contributed by atoms with Crippen molar-refractivity contribution in [1.82, 2.24) is 24.4 Å². The molecule has 2 unspecified atom stereocenters. The molecule has 1 N–H and O–H groups in total. The largest absolute Gasteiger partial charge is 0.357 e. The minimum Gasteiger partial charge on any atom is -0.357 e. The third-order valence-corrected chi connectivity index (χ3v) is 11.7. The van der Waals surface area contributed by atoms with E-state index in [1.54, 1.807) is 30.5 Å². The lowest BCUT2D eigenvalue weighted by Crippen LogP contribution is -2.61. The van der Waals surface area contributed by atoms with Crippen LogP contribution in [-0.2, 0) is 14.8 Å². The molecule has 2 aromatic heterocycles. The summed E-state index contributed by atoms with van der Waals surface area (Å²) in [6.07, 6.45) is 5.08. The molecule has 0 spiro atoms. The van der Waals surface area contributed by atoms with E-state index in [0.29, 0.717) is 10.0 Å². The van der Waals surface area contributed by atoms with Crippen molar-refractivity contribution in [2.45, 2.75) is 35.6 Å². The standard InChI is InChI=1S/C24H28ClN5O4S3/c1-26-22(31)18-14-29(37(33,34)21-11-15-6-7-16(25)12-19(15)35-21)9-10-30(18)24(32)23-27-13-20(36-23)17-5-3-4-8-28(17)2/h6-7,11-13,17-18H,3-5,8-10,14H2,1-2H3,(H,26,31). The smallest absolute Gasteiger partial charge is 0.283 e. The summed E-state index contributed by atoms with van der Waals surface area (Å²) in [6, 6.07) is 6.13. The maximum atomic E-state index is 13.5. The van der Waals surface area contributed by atoms with E-state index in [-0.39, 0.29) is 35.8 Å². The number of nitrogens with one attached hydrogen (secondary N) is 1. The van der Waals surface area contributed by atoms with Crippen molar-refractivity contribution >= 4 is 66.2 Å². The van der Waals surface area contributed by atoms with Gasteiger partial charge < -0.3 is 10.2 Å². The lowest BCUT2D eigenvalue weighted by molar-refractivity contribution is -0.126. The Balaban J connectivity index is 1.37. The van der Waals surface area contributed by atoms with Gasteiger partial charge in [0.05, 0.1) is 0 Å². The zero-order valence-electron chi connectivity index (χ0n) is 20.5. The van der Waals surface area contributed by atoms with E-state index in [2.05, 4.69) is 22.2 Å². The molecule has 2 atom stereocenters. The Bertz CT molecular complexity index is 1440. The molecule has 1 aromatic carbocycles. The first-order chi connectivity index (χ1) is 17.7. The lowest BCUT2D eigenvalue weighted by Gasteiger charge is -2.39. The molecular weight excluding hydrogens is 554 g/mol. The molecule has 0 bridgehead atoms. The summed E-state index contributed by atoms with van der Waals surface area (Å²) >= 11 is 8.56. The van der Waals surface area contributed by atoms with Gasteiger partial charge >= 0.3 is 0 Å². The average Bonchev–Trinajstić information content (AvgIpc) is 3.55. The maximum absolute atomic E-state index is 13.5. The number of piperazine rings is 1. The number of halogens is 1. The van der Waals surface area contributed by atoms with E-state index in [0.717, 1.165) is 52.1 Å². The van der Waals surface area contributed by atoms with Crippen molar-refractivity contribution in [2.75, 3.05) is 40.3 Å². The molecule has 0 aliphatic carbocycles. The van der Waals surface area contributed by atoms with Crippen molar-refractivity contribution in [2.24, 2.45) is 0 Å². The number of aromatic nitrogens is 1. The number of hydrogen-bond acceptors (Lipinski definition) is 8. The molecule has 9 nitrogen and oxygen atoms in total. The number of likely N-dealkylation sites (N-methyl/N-ethyl adjacent to an activating group) is 1. The fraction of sp³-hybridized carbons (Fsp3) is 0.458. The molecule has 5 rings (SSSR count). The first-order valence-corrected chi connectivity index (χ1v) is 15.5. The van der Waals surface area contributed by atoms with Crippen molar-refractivity contribution in [1.29, 1.82) is 0 Å². The number of likely N-dealkylation sites (tertiary alicyclic amines) is 1. The summed E-state index contributed by atoms with van der Waals surface area (Å²) in [6.45, 7) is 1.05. The van der Waals surface area contributed by atoms with Gasteiger partial charge in [-0.15, -0.1) is 22.7 Å². The lowest BCUT2D eigenvalue weighted by atomic mass is 10.0. The van der Waals surface area contributed by atoms with Gasteiger partial charge in [0, 0.05) is 53.5 Å². The summed E-state index contributed by atoms with van der Waals surface area (Å²) < 4.78 is 29.3. The third-order valence-electron chi connectivity index (χ3n) is 7.01. The molecule has 4 heterocycles. The molecule has 13 heteroatoms. The molecule has 2 aliphatic rings. The molecule has 3 aromatic rings. The Hall–Kier alpha value is -2.09. The van der Waals surface area contributed by atoms with Gasteiger partial charge in [-0.3, -0.25) is 14.5 Å². The Kier molecular flexibility index (Phi) is 7.58. The van der Waals surface area contributed by atoms with Crippen molar-refractivity contribution in [3.05, 3.63) is 45.4 Å². The second kappa shape index (κ2) is 10.6. The van der Waals surface area contributed by atoms with Crippen LogP contribution in [0.1, 0.15) is 40.0 Å². The number of nitrogens with zero attached hydrogens (tertiary/aromatic N) is 4. The number of carbonyl (C=O) groups is 2. The number of thiophene rings is 1. The second-order valence-corrected chi connectivity index (χ2v) is 14.0. The molecule has 2 aliphatic heterocycles. The predicted molar refractivity (Wildman–Crippen MR) is 146 cm³/mol. The first-order valence-electron chi connectivity index (χ1n) is 12.1. The van der Waals surface area contributed by atoms with Crippen LogP contribution in [0.5, 0.6) is 0 Å². The Morgan fingerprint density at radius 3 is 2.70 bits per heavy atom. The number of benzene rings is 1. The van der Waals surface area contributed by atoms with Crippen LogP contribution < -0.4 is 5.32 Å². The van der Waals surface area contributed by atoms with E-state index in [9.17, 15) is 18.0 Å². The van der Waals surface area contributed by atoms with Crippen LogP contribution in [-0.4, -0.2) is 85.6 Å². The van der Waals surface area contributed by atoms with Gasteiger partial charge in [0.25, 0.3) is 15.9 Å². The number of piperidine rings is 1. The van der Waals surface area contributed by atoms with Gasteiger partial charge in [-0.1, -0.05) is 24.1 Å². The zero-order valence-corrected chi connectivity index (χ0v) is 23.7. The molecule has 2 saturated heterocycles. The summed E-state index contributed by atoms with van der Waals surface area (Å²) in [5, 5.41) is 4.22. The summed E-state index contributed by atoms with van der Waals surface area (Å²) in [5.74, 6) is -0.767. The highest BCUT2D eigenvalue weighted by Crippen LogP contribution is 2.35. The highest BCUT2D eigenvalue weighted by atomic mass is 35.5. The number of carbonyl (C=O) groups excluding carboxylic acids is 2. The van der Waals surface area contributed by atoms with Gasteiger partial charge in [0.2, 0.25) is 5.91 Å². The molecule has 198 valence electrons. The van der Waals surface area contributed by atoms with Gasteiger partial charge in [-0.2, -0.15) is 4.31 Å². The molecule has 2 amide bonds. The SMILES string of the molecule is CNC(=O)C1CN(S(=O)(=O)c2cc3ccc(Cl)cc3s2)CCN1C(=O)c1ncc(C2CCCCN2C)s1. The minimum absolute atomic E-state index is 0.0835. The number of amides is 2. The molecule has 0 radical (unpaired) electrons. The predicted octanol–water partition coefficient (Wildman–Crippen LogP) is 3.43. The Morgan fingerprint density at radius 1 is 1.14 bits per heavy atom. The molecule has 0 saturated carbocycles. The van der Waals surface area contributed by atoms with Crippen molar-refractivity contribution in [3.63, 3.8) is 0 Å². The summed E-state index contributed by atoms with van der Waals surface area (Å²) in [5.41, 5.74) is 0. The van der Waals surface area contributed by atoms with Crippen LogP contribution in [0.2, 0.25) is 5.02 Å². The van der Waals surface area contributed by atoms with Gasteiger partial charge in [0.15, 0.2) is 5.01 Å². The second-order valence-electron chi connectivity index (χ2n) is 9.30. The molecule has 2 fully saturated rings. The number of rotatable bonds is 5. The summed E-state index contributed by atoms with van der Waals surface area (Å²) in [4.78, 5) is 35.5. The third kappa shape index (κ3) is 5.15. The van der Waals surface area contributed by atoms with Crippen LogP contribution in [0.4, 0.5) is 0 Å². The van der Waals surface area contributed by atoms with E-state index in [4.69, 9.17) is 11.6 Å². The highest BCUT2D eigenvalue weighted by Gasteiger charge is 2.41. The number of sulfonamides is 1. The zero-order chi connectivity index (χ0) is 26.3. The quantitative estimate of drug-likeness (QED) is 0.495. The van der Waals surface area contributed by atoms with E-state index >= 15 is 0 Å². The van der Waals surface area contributed by atoms with E-state index < -0.39 is 22.0 Å². The van der Waals surface area contributed by atoms with E-state index in [1.165, 1.54) is 27.6 Å². The topological polar surface area (TPSA) is 103 Å². The van der Waals surface area contributed by atoms with Crippen molar-refractivity contribution in [3.8, 4) is 0 Å². The first kappa shape index (κ1) is 26.5. The normalized spacial score (nSPS) is 21.9. The van der Waals surface area contributed by atoms with Gasteiger partial charge in [0.1, 0.15) is 10.3 Å². The minimum atomic E-state index is -3.87. The number of hydrogen-bond donors (Lipinski definition) is 1. The van der Waals surface area contributed by atoms with E-state index in [1.807, 2.05) is 0 Å². The monoisotopic (exact) mass is 581 g/mol. The molecular formula is C24H28ClN5O4S3. The van der Waals surface area contributed by atoms with Crippen LogP contribution >= 0.6 is 34.3 Å². The fourth-order valence-corrected chi connectivity index (χ4v) is 9.28. The highest BCUT2D eigenvalue weighted by molar-refractivity contribution is 7.91. The number of fused-ring (bicyclic) bond motifs is 1. The molecule has 37 heavy (non-hydrogen) atoms. The Labute approximate surface area is 229 Å². The van der Waals surface area contributed by atoms with Crippen LogP contribution in [0, 0.1) is 0 Å². The van der Waals surface area contributed by atoms with Crippen LogP contribution in [0.3, 0.4) is 0 Å². The maximum Gasteiger partial charge on any atom is 0.283 e. The summed E-state index contributed by atoms with van der Waals surface area (Å²) in [7, 11) is -0.308. The average molecular weight is 582 g/mol. The van der Waals surface area contributed by atoms with Gasteiger partial charge in [-0.05, 0) is 50.0 Å². The van der Waals surface area contributed by atoms with Crippen LogP contribution in [0.25, 0.3) is 10.1 Å². The van der Waals surface area contributed by atoms with Crippen molar-refractivity contribution < 1.29 is 18.0 Å². The fourth-order valence-electron chi connectivity index (χ4n) is 4.94.